The molecule has 2 aromatic rings. The second-order valence-electron chi connectivity index (χ2n) is 4.54. The van der Waals surface area contributed by atoms with E-state index in [1.54, 1.807) is 24.5 Å². The Bertz CT molecular complexity index is 720. The average molecular weight is 309 g/mol. The van der Waals surface area contributed by atoms with Crippen LogP contribution < -0.4 is 5.73 Å². The lowest BCUT2D eigenvalue weighted by molar-refractivity contribution is 0.464. The summed E-state index contributed by atoms with van der Waals surface area (Å²) >= 11 is 0. The molecule has 0 amide bonds. The highest BCUT2D eigenvalue weighted by Gasteiger charge is 2.25. The van der Waals surface area contributed by atoms with Crippen LogP contribution in [0.25, 0.3) is 0 Å². The molecule has 112 valence electrons. The zero-order valence-corrected chi connectivity index (χ0v) is 12.3. The molecule has 0 radical (unpaired) electrons. The molecule has 0 unspecified atom stereocenters. The molecule has 2 rings (SSSR count). The molecule has 0 saturated heterocycles. The van der Waals surface area contributed by atoms with Gasteiger partial charge in [-0.1, -0.05) is 6.07 Å². The van der Waals surface area contributed by atoms with E-state index in [1.165, 1.54) is 25.2 Å². The third kappa shape index (κ3) is 3.26. The second kappa shape index (κ2) is 6.30. The third-order valence-electron chi connectivity index (χ3n) is 3.12. The maximum absolute atomic E-state index is 13.7. The van der Waals surface area contributed by atoms with Gasteiger partial charge in [0.25, 0.3) is 0 Å². The van der Waals surface area contributed by atoms with E-state index < -0.39 is 15.8 Å². The van der Waals surface area contributed by atoms with Crippen LogP contribution in [0, 0.1) is 5.82 Å². The van der Waals surface area contributed by atoms with Crippen LogP contribution >= 0.6 is 0 Å². The summed E-state index contributed by atoms with van der Waals surface area (Å²) in [5.74, 6) is -0.615. The first-order valence-electron chi connectivity index (χ1n) is 6.29. The highest BCUT2D eigenvalue weighted by Crippen LogP contribution is 2.22. The van der Waals surface area contributed by atoms with Crippen LogP contribution in [-0.4, -0.2) is 24.8 Å². The Morgan fingerprint density at radius 3 is 2.52 bits per heavy atom. The van der Waals surface area contributed by atoms with Gasteiger partial charge in [-0.05, 0) is 29.8 Å². The van der Waals surface area contributed by atoms with Crippen molar-refractivity contribution in [2.45, 2.75) is 18.0 Å². The smallest absolute Gasteiger partial charge is 0.243 e. The fourth-order valence-electron chi connectivity index (χ4n) is 1.98. The molecule has 0 aliphatic carbocycles. The summed E-state index contributed by atoms with van der Waals surface area (Å²) < 4.78 is 40.0. The molecule has 0 bridgehead atoms. The normalized spacial score (nSPS) is 11.8. The van der Waals surface area contributed by atoms with Gasteiger partial charge in [0.15, 0.2) is 0 Å². The van der Waals surface area contributed by atoms with Gasteiger partial charge in [-0.3, -0.25) is 4.98 Å². The minimum absolute atomic E-state index is 0.000853. The minimum atomic E-state index is -3.81. The van der Waals surface area contributed by atoms with Crippen molar-refractivity contribution < 1.29 is 12.8 Å². The quantitative estimate of drug-likeness (QED) is 0.908. The number of nitrogens with zero attached hydrogens (tertiary/aromatic N) is 2. The summed E-state index contributed by atoms with van der Waals surface area (Å²) in [5.41, 5.74) is 6.26. The van der Waals surface area contributed by atoms with E-state index in [4.69, 9.17) is 5.73 Å². The SMILES string of the molecule is CN(Cc1ccncc1)S(=O)(=O)c1cccc(F)c1CN. The first-order valence-corrected chi connectivity index (χ1v) is 7.73. The van der Waals surface area contributed by atoms with Crippen LogP contribution in [0.4, 0.5) is 4.39 Å². The molecule has 5 nitrogen and oxygen atoms in total. The number of hydrogen-bond acceptors (Lipinski definition) is 4. The molecule has 0 aliphatic rings. The second-order valence-corrected chi connectivity index (χ2v) is 6.55. The maximum atomic E-state index is 13.7. The van der Waals surface area contributed by atoms with Crippen LogP contribution in [0.1, 0.15) is 11.1 Å². The van der Waals surface area contributed by atoms with Crippen molar-refractivity contribution in [1.82, 2.24) is 9.29 Å². The van der Waals surface area contributed by atoms with Crippen LogP contribution in [0.3, 0.4) is 0 Å². The summed E-state index contributed by atoms with van der Waals surface area (Å²) in [5, 5.41) is 0. The van der Waals surface area contributed by atoms with Crippen molar-refractivity contribution in [3.05, 3.63) is 59.7 Å². The van der Waals surface area contributed by atoms with Gasteiger partial charge >= 0.3 is 0 Å². The largest absolute Gasteiger partial charge is 0.326 e. The van der Waals surface area contributed by atoms with E-state index in [9.17, 15) is 12.8 Å². The van der Waals surface area contributed by atoms with Gasteiger partial charge in [0.2, 0.25) is 10.0 Å². The van der Waals surface area contributed by atoms with Crippen molar-refractivity contribution in [3.63, 3.8) is 0 Å². The van der Waals surface area contributed by atoms with E-state index in [-0.39, 0.29) is 23.5 Å². The Morgan fingerprint density at radius 2 is 1.90 bits per heavy atom. The summed E-state index contributed by atoms with van der Waals surface area (Å²) in [6, 6.07) is 7.37. The first kappa shape index (κ1) is 15.6. The average Bonchev–Trinajstić information content (AvgIpc) is 2.48. The molecule has 0 aliphatic heterocycles. The number of pyridine rings is 1. The fraction of sp³-hybridized carbons (Fsp3) is 0.214. The van der Waals surface area contributed by atoms with Crippen molar-refractivity contribution in [2.24, 2.45) is 5.73 Å². The predicted octanol–water partition coefficient (Wildman–Crippen LogP) is 1.50. The summed E-state index contributed by atoms with van der Waals surface area (Å²) in [4.78, 5) is 3.78. The molecular weight excluding hydrogens is 293 g/mol. The topological polar surface area (TPSA) is 76.3 Å². The van der Waals surface area contributed by atoms with Crippen molar-refractivity contribution in [3.8, 4) is 0 Å². The van der Waals surface area contributed by atoms with E-state index in [2.05, 4.69) is 4.98 Å². The van der Waals surface area contributed by atoms with Gasteiger partial charge in [-0.25, -0.2) is 12.8 Å². The van der Waals surface area contributed by atoms with Crippen LogP contribution in [0.15, 0.2) is 47.6 Å². The highest BCUT2D eigenvalue weighted by atomic mass is 32.2. The molecule has 21 heavy (non-hydrogen) atoms. The molecule has 0 saturated carbocycles. The van der Waals surface area contributed by atoms with Gasteiger partial charge in [-0.2, -0.15) is 4.31 Å². The van der Waals surface area contributed by atoms with E-state index >= 15 is 0 Å². The van der Waals surface area contributed by atoms with E-state index in [1.807, 2.05) is 0 Å². The zero-order valence-electron chi connectivity index (χ0n) is 11.5. The maximum Gasteiger partial charge on any atom is 0.243 e. The molecule has 7 heteroatoms. The summed E-state index contributed by atoms with van der Waals surface area (Å²) in [7, 11) is -2.36. The van der Waals surface area contributed by atoms with Crippen molar-refractivity contribution >= 4 is 10.0 Å². The Balaban J connectivity index is 2.36. The molecule has 1 heterocycles. The standard InChI is InChI=1S/C14H16FN3O2S/c1-18(10-11-5-7-17-8-6-11)21(19,20)14-4-2-3-13(15)12(14)9-16/h2-8H,9-10,16H2,1H3. The van der Waals surface area contributed by atoms with Gasteiger partial charge < -0.3 is 5.73 Å². The lowest BCUT2D eigenvalue weighted by Gasteiger charge is -2.19. The Morgan fingerprint density at radius 1 is 1.24 bits per heavy atom. The number of halogens is 1. The first-order chi connectivity index (χ1) is 9.96. The van der Waals surface area contributed by atoms with Crippen LogP contribution in [0.5, 0.6) is 0 Å². The summed E-state index contributed by atoms with van der Waals surface area (Å²) in [6.45, 7) is -0.00425. The zero-order chi connectivity index (χ0) is 15.5. The number of benzene rings is 1. The molecule has 2 N–H and O–H groups in total. The lowest BCUT2D eigenvalue weighted by atomic mass is 10.2. The van der Waals surface area contributed by atoms with Crippen LogP contribution in [0.2, 0.25) is 0 Å². The van der Waals surface area contributed by atoms with E-state index in [0.717, 1.165) is 9.87 Å². The number of aromatic nitrogens is 1. The van der Waals surface area contributed by atoms with E-state index in [0.29, 0.717) is 0 Å². The highest BCUT2D eigenvalue weighted by molar-refractivity contribution is 7.89. The Labute approximate surface area is 123 Å². The molecule has 1 aromatic heterocycles. The molecule has 1 aromatic carbocycles. The van der Waals surface area contributed by atoms with Gasteiger partial charge in [0.05, 0.1) is 4.90 Å². The Hall–Kier alpha value is -1.83. The lowest BCUT2D eigenvalue weighted by Crippen LogP contribution is -2.28. The third-order valence-corrected chi connectivity index (χ3v) is 5.01. The molecular formula is C14H16FN3O2S. The van der Waals surface area contributed by atoms with Crippen molar-refractivity contribution in [1.29, 1.82) is 0 Å². The predicted molar refractivity (Wildman–Crippen MR) is 77.2 cm³/mol. The number of hydrogen-bond donors (Lipinski definition) is 1. The monoisotopic (exact) mass is 309 g/mol. The van der Waals surface area contributed by atoms with Gasteiger partial charge in [-0.15, -0.1) is 0 Å². The van der Waals surface area contributed by atoms with Gasteiger partial charge in [0, 0.05) is 38.1 Å². The molecule has 0 fully saturated rings. The summed E-state index contributed by atoms with van der Waals surface area (Å²) in [6.07, 6.45) is 3.17. The molecule has 0 atom stereocenters. The Kier molecular flexibility index (Phi) is 4.66. The number of nitrogens with two attached hydrogens (primary N) is 1. The van der Waals surface area contributed by atoms with Gasteiger partial charge in [0.1, 0.15) is 5.82 Å². The van der Waals surface area contributed by atoms with Crippen LogP contribution in [-0.2, 0) is 23.1 Å². The number of sulfonamides is 1. The fourth-order valence-corrected chi connectivity index (χ4v) is 3.37. The van der Waals surface area contributed by atoms with Crippen molar-refractivity contribution in [2.75, 3.05) is 7.05 Å². The number of rotatable bonds is 5. The molecule has 0 spiro atoms. The minimum Gasteiger partial charge on any atom is -0.326 e.